The number of ether oxygens (including phenoxy) is 1. The van der Waals surface area contributed by atoms with Crippen molar-refractivity contribution in [1.82, 2.24) is 4.57 Å². The maximum absolute atomic E-state index is 11.7. The van der Waals surface area contributed by atoms with E-state index in [1.54, 1.807) is 0 Å². The Labute approximate surface area is 114 Å². The second-order valence-corrected chi connectivity index (χ2v) is 6.14. The molecular weight excluding hydrogens is 240 g/mol. The van der Waals surface area contributed by atoms with Gasteiger partial charge in [-0.15, -0.1) is 0 Å². The molecule has 1 aliphatic rings. The molecule has 0 saturated carbocycles. The summed E-state index contributed by atoms with van der Waals surface area (Å²) in [5.41, 5.74) is 8.27. The number of carbonyl (C=O) groups excluding carboxylic acids is 1. The Morgan fingerprint density at radius 2 is 2.21 bits per heavy atom. The van der Waals surface area contributed by atoms with Crippen LogP contribution in [0.25, 0.3) is 0 Å². The van der Waals surface area contributed by atoms with E-state index in [4.69, 9.17) is 10.5 Å². The second kappa shape index (κ2) is 5.37. The fourth-order valence-corrected chi connectivity index (χ4v) is 2.84. The summed E-state index contributed by atoms with van der Waals surface area (Å²) in [6, 6.07) is 0.139. The minimum Gasteiger partial charge on any atom is -0.469 e. The number of nitrogens with two attached hydrogens (primary N) is 1. The highest BCUT2D eigenvalue weighted by Crippen LogP contribution is 2.29. The number of nitrogens with zero attached hydrogens (tertiary/aromatic N) is 1. The van der Waals surface area contributed by atoms with Crippen molar-refractivity contribution in [2.75, 3.05) is 7.11 Å². The molecule has 0 aromatic carbocycles. The summed E-state index contributed by atoms with van der Waals surface area (Å²) in [6.07, 6.45) is 8.79. The van der Waals surface area contributed by atoms with Crippen LogP contribution in [-0.2, 0) is 22.5 Å². The molecule has 1 unspecified atom stereocenters. The maximum atomic E-state index is 11.7. The zero-order valence-electron chi connectivity index (χ0n) is 12.1. The Morgan fingerprint density at radius 1 is 1.47 bits per heavy atom. The summed E-state index contributed by atoms with van der Waals surface area (Å²) < 4.78 is 6.94. The van der Waals surface area contributed by atoms with Crippen LogP contribution in [0.1, 0.15) is 50.3 Å². The minimum atomic E-state index is -0.517. The van der Waals surface area contributed by atoms with Crippen LogP contribution in [0, 0.1) is 5.41 Å². The normalized spacial score (nSPS) is 19.7. The molecular formula is C15H24N2O2. The Bertz CT molecular complexity index is 463. The monoisotopic (exact) mass is 264 g/mol. The van der Waals surface area contributed by atoms with Crippen LogP contribution in [0.5, 0.6) is 0 Å². The first-order valence-corrected chi connectivity index (χ1v) is 6.96. The summed E-state index contributed by atoms with van der Waals surface area (Å²) in [7, 11) is 1.44. The SMILES string of the molecule is COC(=O)C(C)(C)Cn1cc2c(c1)C(N)CCCC2. The molecule has 1 aromatic heterocycles. The van der Waals surface area contributed by atoms with E-state index < -0.39 is 5.41 Å². The number of aryl methyl sites for hydroxylation is 1. The standard InChI is InChI=1S/C15H24N2O2/c1-15(2,14(18)19-3)10-17-8-11-6-4-5-7-13(16)12(11)9-17/h8-9,13H,4-7,10,16H2,1-3H3. The largest absolute Gasteiger partial charge is 0.469 e. The van der Waals surface area contributed by atoms with Crippen molar-refractivity contribution < 1.29 is 9.53 Å². The Balaban J connectivity index is 2.19. The van der Waals surface area contributed by atoms with Gasteiger partial charge in [0.15, 0.2) is 0 Å². The zero-order chi connectivity index (χ0) is 14.0. The van der Waals surface area contributed by atoms with Gasteiger partial charge in [-0.05, 0) is 44.2 Å². The number of rotatable bonds is 3. The van der Waals surface area contributed by atoms with Gasteiger partial charge in [-0.25, -0.2) is 0 Å². The molecule has 2 rings (SSSR count). The van der Waals surface area contributed by atoms with E-state index in [2.05, 4.69) is 17.0 Å². The first-order chi connectivity index (χ1) is 8.94. The quantitative estimate of drug-likeness (QED) is 0.673. The van der Waals surface area contributed by atoms with E-state index in [1.807, 2.05) is 13.8 Å². The number of aromatic nitrogens is 1. The van der Waals surface area contributed by atoms with Gasteiger partial charge in [0.2, 0.25) is 0 Å². The lowest BCUT2D eigenvalue weighted by Crippen LogP contribution is -2.30. The average molecular weight is 264 g/mol. The molecule has 1 aromatic rings. The van der Waals surface area contributed by atoms with Crippen molar-refractivity contribution in [3.05, 3.63) is 23.5 Å². The van der Waals surface area contributed by atoms with Crippen LogP contribution in [0.3, 0.4) is 0 Å². The summed E-state index contributed by atoms with van der Waals surface area (Å²) in [6.45, 7) is 4.44. The molecule has 19 heavy (non-hydrogen) atoms. The summed E-state index contributed by atoms with van der Waals surface area (Å²) in [5, 5.41) is 0. The molecule has 0 spiro atoms. The smallest absolute Gasteiger partial charge is 0.313 e. The molecule has 2 N–H and O–H groups in total. The fraction of sp³-hybridized carbons (Fsp3) is 0.667. The topological polar surface area (TPSA) is 57.2 Å². The van der Waals surface area contributed by atoms with Gasteiger partial charge in [0.05, 0.1) is 12.5 Å². The van der Waals surface area contributed by atoms with Crippen molar-refractivity contribution in [2.45, 2.75) is 52.1 Å². The van der Waals surface area contributed by atoms with E-state index in [9.17, 15) is 4.79 Å². The molecule has 0 amide bonds. The van der Waals surface area contributed by atoms with Crippen LogP contribution in [-0.4, -0.2) is 17.6 Å². The van der Waals surface area contributed by atoms with Gasteiger partial charge in [0.25, 0.3) is 0 Å². The fourth-order valence-electron chi connectivity index (χ4n) is 2.84. The maximum Gasteiger partial charge on any atom is 0.313 e. The third kappa shape index (κ3) is 3.00. The van der Waals surface area contributed by atoms with E-state index >= 15 is 0 Å². The van der Waals surface area contributed by atoms with Crippen LogP contribution >= 0.6 is 0 Å². The summed E-state index contributed by atoms with van der Waals surface area (Å²) in [4.78, 5) is 11.7. The van der Waals surface area contributed by atoms with Crippen molar-refractivity contribution in [3.63, 3.8) is 0 Å². The molecule has 106 valence electrons. The van der Waals surface area contributed by atoms with Gasteiger partial charge in [-0.2, -0.15) is 0 Å². The van der Waals surface area contributed by atoms with E-state index in [1.165, 1.54) is 31.1 Å². The lowest BCUT2D eigenvalue weighted by molar-refractivity contribution is -0.151. The minimum absolute atomic E-state index is 0.139. The van der Waals surface area contributed by atoms with Crippen molar-refractivity contribution in [3.8, 4) is 0 Å². The Hall–Kier alpha value is -1.29. The molecule has 0 fully saturated rings. The first kappa shape index (κ1) is 14.1. The molecule has 1 aliphatic carbocycles. The second-order valence-electron chi connectivity index (χ2n) is 6.14. The lowest BCUT2D eigenvalue weighted by Gasteiger charge is -2.22. The summed E-state index contributed by atoms with van der Waals surface area (Å²) in [5.74, 6) is -0.180. The molecule has 4 nitrogen and oxygen atoms in total. The van der Waals surface area contributed by atoms with Gasteiger partial charge >= 0.3 is 5.97 Å². The van der Waals surface area contributed by atoms with Crippen LogP contribution in [0.15, 0.2) is 12.4 Å². The third-order valence-corrected chi connectivity index (χ3v) is 3.92. The Morgan fingerprint density at radius 3 is 2.89 bits per heavy atom. The van der Waals surface area contributed by atoms with E-state index in [-0.39, 0.29) is 12.0 Å². The van der Waals surface area contributed by atoms with Gasteiger partial charge in [0, 0.05) is 25.0 Å². The van der Waals surface area contributed by atoms with E-state index in [0.29, 0.717) is 6.54 Å². The van der Waals surface area contributed by atoms with Crippen LogP contribution in [0.2, 0.25) is 0 Å². The van der Waals surface area contributed by atoms with Crippen LogP contribution in [0.4, 0.5) is 0 Å². The number of hydrogen-bond donors (Lipinski definition) is 1. The number of carbonyl (C=O) groups is 1. The van der Waals surface area contributed by atoms with Gasteiger partial charge in [-0.3, -0.25) is 4.79 Å². The van der Waals surface area contributed by atoms with Crippen molar-refractivity contribution in [1.29, 1.82) is 0 Å². The molecule has 1 heterocycles. The first-order valence-electron chi connectivity index (χ1n) is 6.96. The molecule has 0 radical (unpaired) electrons. The lowest BCUT2D eigenvalue weighted by atomic mass is 9.94. The highest BCUT2D eigenvalue weighted by molar-refractivity contribution is 5.75. The zero-order valence-corrected chi connectivity index (χ0v) is 12.1. The molecule has 4 heteroatoms. The highest BCUT2D eigenvalue weighted by atomic mass is 16.5. The van der Waals surface area contributed by atoms with Gasteiger partial charge in [-0.1, -0.05) is 6.42 Å². The highest BCUT2D eigenvalue weighted by Gasteiger charge is 2.30. The molecule has 0 aliphatic heterocycles. The summed E-state index contributed by atoms with van der Waals surface area (Å²) >= 11 is 0. The van der Waals surface area contributed by atoms with Gasteiger partial charge < -0.3 is 15.0 Å². The molecule has 0 saturated heterocycles. The van der Waals surface area contributed by atoms with Crippen LogP contribution < -0.4 is 5.73 Å². The third-order valence-electron chi connectivity index (χ3n) is 3.92. The number of hydrogen-bond acceptors (Lipinski definition) is 3. The van der Waals surface area contributed by atoms with Crippen molar-refractivity contribution in [2.24, 2.45) is 11.1 Å². The van der Waals surface area contributed by atoms with Gasteiger partial charge in [0.1, 0.15) is 0 Å². The molecule has 0 bridgehead atoms. The van der Waals surface area contributed by atoms with Crippen molar-refractivity contribution >= 4 is 5.97 Å². The number of methoxy groups -OCH3 is 1. The Kier molecular flexibility index (Phi) is 3.99. The predicted octanol–water partition coefficient (Wildman–Crippen LogP) is 2.41. The number of fused-ring (bicyclic) bond motifs is 1. The molecule has 1 atom stereocenters. The predicted molar refractivity (Wildman–Crippen MR) is 74.7 cm³/mol. The van der Waals surface area contributed by atoms with E-state index in [0.717, 1.165) is 12.8 Å². The number of esters is 1. The average Bonchev–Trinajstić information content (AvgIpc) is 2.67.